The van der Waals surface area contributed by atoms with Crippen molar-refractivity contribution in [2.75, 3.05) is 0 Å². The quantitative estimate of drug-likeness (QED) is 0.135. The van der Waals surface area contributed by atoms with Crippen LogP contribution in [0.1, 0.15) is 26.3 Å². The van der Waals surface area contributed by atoms with Crippen LogP contribution in [-0.2, 0) is 5.41 Å². The molecule has 0 saturated heterocycles. The Balaban J connectivity index is 0.000000142. The van der Waals surface area contributed by atoms with Crippen LogP contribution in [0.15, 0.2) is 358 Å². The van der Waals surface area contributed by atoms with Gasteiger partial charge < -0.3 is 18.3 Å². The molecule has 0 fully saturated rings. The molecule has 0 saturated carbocycles. The van der Waals surface area contributed by atoms with E-state index in [1.54, 1.807) is 0 Å². The summed E-state index contributed by atoms with van der Waals surface area (Å²) in [6.07, 6.45) is 0. The van der Waals surface area contributed by atoms with Crippen molar-refractivity contribution >= 4 is 98.0 Å². The largest absolute Gasteiger partial charge is 0.309 e. The van der Waals surface area contributed by atoms with E-state index in [4.69, 9.17) is 29.9 Å². The van der Waals surface area contributed by atoms with Gasteiger partial charge in [0.25, 0.3) is 0 Å². The third-order valence-electron chi connectivity index (χ3n) is 21.0. The number of benzene rings is 15. The van der Waals surface area contributed by atoms with Crippen LogP contribution < -0.4 is 0 Å². The van der Waals surface area contributed by atoms with E-state index in [-0.39, 0.29) is 5.41 Å². The van der Waals surface area contributed by atoms with Gasteiger partial charge in [-0.2, -0.15) is 0 Å². The highest BCUT2D eigenvalue weighted by molar-refractivity contribution is 6.21. The molecule has 0 aliphatic heterocycles. The topological polar surface area (TPSA) is 97.1 Å². The van der Waals surface area contributed by atoms with E-state index in [1.165, 1.54) is 76.1 Å². The van der Waals surface area contributed by atoms with Gasteiger partial charge in [0.1, 0.15) is 0 Å². The van der Waals surface area contributed by atoms with E-state index in [0.717, 1.165) is 83.6 Å². The van der Waals surface area contributed by atoms with Crippen molar-refractivity contribution in [1.82, 2.24) is 48.2 Å². The molecule has 6 aromatic heterocycles. The maximum Gasteiger partial charge on any atom is 0.164 e. The van der Waals surface area contributed by atoms with E-state index in [2.05, 4.69) is 348 Å². The third-order valence-corrected chi connectivity index (χ3v) is 21.0. The van der Waals surface area contributed by atoms with Crippen molar-refractivity contribution in [3.05, 3.63) is 363 Å². The number of para-hydroxylation sites is 6. The van der Waals surface area contributed by atoms with Crippen molar-refractivity contribution in [2.45, 2.75) is 26.2 Å². The van der Waals surface area contributed by atoms with Crippen LogP contribution in [0.3, 0.4) is 0 Å². The van der Waals surface area contributed by atoms with E-state index in [9.17, 15) is 0 Å². The Kier molecular flexibility index (Phi) is 15.2. The van der Waals surface area contributed by atoms with Crippen LogP contribution in [0, 0.1) is 0 Å². The van der Waals surface area contributed by atoms with Crippen molar-refractivity contribution in [3.63, 3.8) is 0 Å². The second kappa shape index (κ2) is 25.9. The Morgan fingerprint density at radius 3 is 0.843 bits per heavy atom. The van der Waals surface area contributed by atoms with Gasteiger partial charge in [-0.1, -0.05) is 276 Å². The zero-order chi connectivity index (χ0) is 72.0. The van der Waals surface area contributed by atoms with Crippen LogP contribution >= 0.6 is 0 Å². The first-order valence-corrected chi connectivity index (χ1v) is 36.7. The summed E-state index contributed by atoms with van der Waals surface area (Å²) in [4.78, 5) is 30.4. The lowest BCUT2D eigenvalue weighted by Crippen LogP contribution is -2.10. The van der Waals surface area contributed by atoms with Gasteiger partial charge >= 0.3 is 0 Å². The van der Waals surface area contributed by atoms with Crippen LogP contribution in [0.2, 0.25) is 0 Å². The molecule has 510 valence electrons. The Bertz CT molecular complexity index is 7070. The summed E-state index contributed by atoms with van der Waals surface area (Å²) in [5.41, 5.74) is 20.6. The Hall–Kier alpha value is -14.2. The molecule has 0 spiro atoms. The second-order valence-corrected chi connectivity index (χ2v) is 28.7. The zero-order valence-corrected chi connectivity index (χ0v) is 59.5. The number of rotatable bonds is 10. The first kappa shape index (κ1) is 63.5. The average molecular weight is 1390 g/mol. The molecule has 10 nitrogen and oxygen atoms in total. The Labute approximate surface area is 623 Å². The van der Waals surface area contributed by atoms with Crippen LogP contribution in [0.4, 0.5) is 0 Å². The van der Waals surface area contributed by atoms with Crippen molar-refractivity contribution in [2.24, 2.45) is 0 Å². The third kappa shape index (κ3) is 11.0. The molecule has 0 aliphatic carbocycles. The highest BCUT2D eigenvalue weighted by atomic mass is 15.1. The fourth-order valence-electron chi connectivity index (χ4n) is 15.8. The second-order valence-electron chi connectivity index (χ2n) is 28.7. The lowest BCUT2D eigenvalue weighted by Gasteiger charge is -2.19. The molecule has 108 heavy (non-hydrogen) atoms. The van der Waals surface area contributed by atoms with Crippen molar-refractivity contribution in [1.29, 1.82) is 0 Å². The van der Waals surface area contributed by atoms with Gasteiger partial charge in [-0.05, 0) is 125 Å². The Morgan fingerprint density at radius 2 is 0.463 bits per heavy atom. The molecule has 10 heteroatoms. The molecule has 0 unspecified atom stereocenters. The van der Waals surface area contributed by atoms with Crippen LogP contribution in [-0.4, -0.2) is 48.2 Å². The van der Waals surface area contributed by atoms with Crippen LogP contribution in [0.5, 0.6) is 0 Å². The van der Waals surface area contributed by atoms with E-state index >= 15 is 0 Å². The molecule has 0 atom stereocenters. The summed E-state index contributed by atoms with van der Waals surface area (Å²) in [5.74, 6) is 3.84. The predicted octanol–water partition coefficient (Wildman–Crippen LogP) is 24.6. The zero-order valence-electron chi connectivity index (χ0n) is 59.5. The minimum atomic E-state index is 0.0507. The molecule has 21 rings (SSSR count). The van der Waals surface area contributed by atoms with Crippen molar-refractivity contribution < 1.29 is 0 Å². The van der Waals surface area contributed by atoms with Crippen LogP contribution in [0.25, 0.3) is 189 Å². The van der Waals surface area contributed by atoms with Gasteiger partial charge in [0, 0.05) is 99.2 Å². The SMILES string of the molecule is CC(C)(C)c1ccc(-c2nc(-c3ccccc3)nc(-c3cccc(-n4c5ccccc5c5cc6c7ccccc7n(-c7ccccc7)c6cc54)c3)n2)cc1.c1ccc(-c2nc(-c3cccc(-n4c5ccccc5c5cc6c7ccccc7n(-c7ccccc7)c6cc54)c3)nc(-c3ccc4ccccc4c3)n2)cc1. The maximum absolute atomic E-state index is 5.13. The minimum Gasteiger partial charge on any atom is -0.309 e. The first-order valence-electron chi connectivity index (χ1n) is 36.7. The highest BCUT2D eigenvalue weighted by Gasteiger charge is 2.24. The molecule has 0 aliphatic rings. The van der Waals surface area contributed by atoms with E-state index in [0.29, 0.717) is 34.9 Å². The standard InChI is InChI=1S/C49H31N5.C49H37N5/c1-3-15-33(16-4-1)47-50-48(52-49(51-47)36-27-26-32-14-7-8-17-34(32)28-36)35-18-13-21-38(29-35)54-44-25-12-10-23-40(44)42-30-41-39-22-9-11-24-43(39)53(45(41)31-46(42)54)37-19-5-2-6-20-37;1-49(2,3)35-27-25-33(26-28-35)47-50-46(32-15-6-4-7-16-32)51-48(52-47)34-17-14-20-37(29-34)54-43-24-13-11-22-39(43)41-30-40-38-21-10-12-23-42(38)53(44(40)31-45(41)54)36-18-8-5-9-19-36/h1-31H;4-31H,1-3H3. The predicted molar refractivity (Wildman–Crippen MR) is 446 cm³/mol. The molecule has 0 bridgehead atoms. The molecule has 0 N–H and O–H groups in total. The van der Waals surface area contributed by atoms with Gasteiger partial charge in [-0.3, -0.25) is 0 Å². The number of hydrogen-bond acceptors (Lipinski definition) is 6. The fraction of sp³-hybridized carbons (Fsp3) is 0.0408. The van der Waals surface area contributed by atoms with Gasteiger partial charge in [0.2, 0.25) is 0 Å². The normalized spacial score (nSPS) is 11.8. The van der Waals surface area contributed by atoms with Crippen molar-refractivity contribution in [3.8, 4) is 91.1 Å². The summed E-state index contributed by atoms with van der Waals surface area (Å²) in [7, 11) is 0. The molecular weight excluding hydrogens is 1320 g/mol. The summed E-state index contributed by atoms with van der Waals surface area (Å²) in [5, 5.41) is 12.1. The lowest BCUT2D eigenvalue weighted by atomic mass is 9.87. The maximum atomic E-state index is 5.13. The lowest BCUT2D eigenvalue weighted by molar-refractivity contribution is 0.590. The van der Waals surface area contributed by atoms with Gasteiger partial charge in [-0.15, -0.1) is 0 Å². The summed E-state index contributed by atoms with van der Waals surface area (Å²) in [6, 6.07) is 126. The monoisotopic (exact) mass is 1380 g/mol. The smallest absolute Gasteiger partial charge is 0.164 e. The molecule has 15 aromatic carbocycles. The van der Waals surface area contributed by atoms with E-state index in [1.807, 2.05) is 48.5 Å². The van der Waals surface area contributed by atoms with Gasteiger partial charge in [0.05, 0.1) is 44.1 Å². The number of nitrogens with zero attached hydrogens (tertiary/aromatic N) is 10. The molecule has 0 radical (unpaired) electrons. The Morgan fingerprint density at radius 1 is 0.185 bits per heavy atom. The number of hydrogen-bond donors (Lipinski definition) is 0. The minimum absolute atomic E-state index is 0.0507. The molecular formula is C98H68N10. The van der Waals surface area contributed by atoms with Gasteiger partial charge in [0.15, 0.2) is 34.9 Å². The van der Waals surface area contributed by atoms with E-state index < -0.39 is 0 Å². The highest BCUT2D eigenvalue weighted by Crippen LogP contribution is 2.43. The number of aromatic nitrogens is 10. The molecule has 21 aromatic rings. The summed E-state index contributed by atoms with van der Waals surface area (Å²) in [6.45, 7) is 6.69. The summed E-state index contributed by atoms with van der Waals surface area (Å²) >= 11 is 0. The van der Waals surface area contributed by atoms with Gasteiger partial charge in [-0.25, -0.2) is 29.9 Å². The average Bonchev–Trinajstić information content (AvgIpc) is 1.56. The molecule has 6 heterocycles. The first-order chi connectivity index (χ1) is 53.2. The summed E-state index contributed by atoms with van der Waals surface area (Å²) < 4.78 is 9.52. The number of fused-ring (bicyclic) bond motifs is 13. The molecule has 0 amide bonds. The fourth-order valence-corrected chi connectivity index (χ4v) is 15.8.